The van der Waals surface area contributed by atoms with Gasteiger partial charge >= 0.3 is 12.0 Å². The fourth-order valence-corrected chi connectivity index (χ4v) is 2.20. The second-order valence-corrected chi connectivity index (χ2v) is 3.68. The van der Waals surface area contributed by atoms with Crippen molar-refractivity contribution in [1.29, 1.82) is 0 Å². The average Bonchev–Trinajstić information content (AvgIpc) is 2.50. The lowest BCUT2D eigenvalue weighted by atomic mass is 9.91. The van der Waals surface area contributed by atoms with Gasteiger partial charge in [-0.1, -0.05) is 13.3 Å². The summed E-state index contributed by atoms with van der Waals surface area (Å²) in [4.78, 5) is 23.6. The minimum absolute atomic E-state index is 0.460. The van der Waals surface area contributed by atoms with Crippen LogP contribution in [0.4, 0.5) is 4.79 Å². The van der Waals surface area contributed by atoms with Crippen molar-refractivity contribution in [3.63, 3.8) is 0 Å². The van der Waals surface area contributed by atoms with E-state index in [-0.39, 0.29) is 0 Å². The van der Waals surface area contributed by atoms with E-state index in [1.165, 1.54) is 4.90 Å². The predicted octanol–water partition coefficient (Wildman–Crippen LogP) is 0.784. The van der Waals surface area contributed by atoms with E-state index in [0.717, 1.165) is 12.8 Å². The molecular weight excluding hydrogens is 184 g/mol. The lowest BCUT2D eigenvalue weighted by molar-refractivity contribution is -0.148. The topological polar surface area (TPSA) is 83.6 Å². The Morgan fingerprint density at radius 3 is 2.64 bits per heavy atom. The van der Waals surface area contributed by atoms with Gasteiger partial charge < -0.3 is 15.7 Å². The van der Waals surface area contributed by atoms with Crippen molar-refractivity contribution in [1.82, 2.24) is 4.90 Å². The predicted molar refractivity (Wildman–Crippen MR) is 50.8 cm³/mol. The summed E-state index contributed by atoms with van der Waals surface area (Å²) < 4.78 is 0. The maximum atomic E-state index is 11.2. The minimum Gasteiger partial charge on any atom is -0.479 e. The molecule has 1 aliphatic heterocycles. The highest BCUT2D eigenvalue weighted by Crippen LogP contribution is 2.33. The van der Waals surface area contributed by atoms with Crippen LogP contribution in [0.2, 0.25) is 0 Å². The molecule has 1 saturated heterocycles. The van der Waals surface area contributed by atoms with E-state index in [2.05, 4.69) is 0 Å². The molecular formula is C9H16N2O3. The number of carboxylic acid groups (broad SMARTS) is 1. The van der Waals surface area contributed by atoms with Crippen LogP contribution in [0, 0.1) is 0 Å². The summed E-state index contributed by atoms with van der Waals surface area (Å²) in [5.74, 6) is -0.935. The lowest BCUT2D eigenvalue weighted by Crippen LogP contribution is -2.54. The van der Waals surface area contributed by atoms with Gasteiger partial charge in [-0.2, -0.15) is 0 Å². The van der Waals surface area contributed by atoms with Gasteiger partial charge in [0.05, 0.1) is 0 Å². The number of rotatable bonds is 3. The Hall–Kier alpha value is -1.26. The number of nitrogens with zero attached hydrogens (tertiary/aromatic N) is 1. The maximum Gasteiger partial charge on any atom is 0.329 e. The van der Waals surface area contributed by atoms with Crippen LogP contribution in [-0.4, -0.2) is 34.1 Å². The van der Waals surface area contributed by atoms with Crippen LogP contribution in [0.15, 0.2) is 0 Å². The number of nitrogens with two attached hydrogens (primary N) is 1. The molecule has 1 rings (SSSR count). The molecule has 0 bridgehead atoms. The molecule has 0 aromatic rings. The van der Waals surface area contributed by atoms with Gasteiger partial charge in [-0.25, -0.2) is 9.59 Å². The summed E-state index contributed by atoms with van der Waals surface area (Å²) in [6, 6.07) is -0.627. The zero-order valence-corrected chi connectivity index (χ0v) is 8.32. The Balaban J connectivity index is 2.95. The Morgan fingerprint density at radius 1 is 1.57 bits per heavy atom. The first-order valence-electron chi connectivity index (χ1n) is 4.85. The van der Waals surface area contributed by atoms with Crippen molar-refractivity contribution >= 4 is 12.0 Å². The number of likely N-dealkylation sites (tertiary alicyclic amines) is 1. The van der Waals surface area contributed by atoms with Gasteiger partial charge in [-0.15, -0.1) is 0 Å². The number of hydrogen-bond donors (Lipinski definition) is 2. The van der Waals surface area contributed by atoms with E-state index in [0.29, 0.717) is 19.4 Å². The van der Waals surface area contributed by atoms with E-state index in [1.807, 2.05) is 6.92 Å². The van der Waals surface area contributed by atoms with Crippen molar-refractivity contribution in [2.24, 2.45) is 5.73 Å². The fraction of sp³-hybridized carbons (Fsp3) is 0.778. The second kappa shape index (κ2) is 3.86. The number of carbonyl (C=O) groups excluding carboxylic acids is 1. The van der Waals surface area contributed by atoms with Crippen LogP contribution in [0.25, 0.3) is 0 Å². The number of carboxylic acids is 1. The van der Waals surface area contributed by atoms with Crippen LogP contribution < -0.4 is 5.73 Å². The van der Waals surface area contributed by atoms with Crippen LogP contribution in [0.5, 0.6) is 0 Å². The number of hydrogen-bond acceptors (Lipinski definition) is 2. The highest BCUT2D eigenvalue weighted by molar-refractivity contribution is 5.86. The van der Waals surface area contributed by atoms with Gasteiger partial charge in [0.25, 0.3) is 0 Å². The molecule has 3 N–H and O–H groups in total. The van der Waals surface area contributed by atoms with E-state index >= 15 is 0 Å². The third-order valence-corrected chi connectivity index (χ3v) is 2.82. The van der Waals surface area contributed by atoms with Gasteiger partial charge in [0, 0.05) is 6.54 Å². The summed E-state index contributed by atoms with van der Waals surface area (Å²) in [5.41, 5.74) is 4.12. The van der Waals surface area contributed by atoms with Gasteiger partial charge in [-0.05, 0) is 19.3 Å². The second-order valence-electron chi connectivity index (χ2n) is 3.68. The van der Waals surface area contributed by atoms with Crippen molar-refractivity contribution in [3.05, 3.63) is 0 Å². The normalized spacial score (nSPS) is 26.5. The van der Waals surface area contributed by atoms with Crippen molar-refractivity contribution in [3.8, 4) is 0 Å². The first-order chi connectivity index (χ1) is 6.54. The molecule has 5 nitrogen and oxygen atoms in total. The molecule has 0 radical (unpaired) electrons. The summed E-state index contributed by atoms with van der Waals surface area (Å²) >= 11 is 0. The average molecular weight is 200 g/mol. The molecule has 0 saturated carbocycles. The largest absolute Gasteiger partial charge is 0.479 e. The number of urea groups is 1. The summed E-state index contributed by atoms with van der Waals surface area (Å²) in [6.45, 7) is 2.36. The van der Waals surface area contributed by atoms with Gasteiger partial charge in [-0.3, -0.25) is 0 Å². The van der Waals surface area contributed by atoms with Gasteiger partial charge in [0.2, 0.25) is 0 Å². The lowest BCUT2D eigenvalue weighted by Gasteiger charge is -2.33. The summed E-state index contributed by atoms with van der Waals surface area (Å²) in [6.07, 6.45) is 2.44. The molecule has 5 heteroatoms. The van der Waals surface area contributed by atoms with Crippen molar-refractivity contribution < 1.29 is 14.7 Å². The first kappa shape index (κ1) is 10.8. The SMILES string of the molecule is CCCC1(C(=O)O)CCCN1C(N)=O. The maximum absolute atomic E-state index is 11.2. The van der Waals surface area contributed by atoms with E-state index in [4.69, 9.17) is 10.8 Å². The van der Waals surface area contributed by atoms with Crippen LogP contribution in [-0.2, 0) is 4.79 Å². The smallest absolute Gasteiger partial charge is 0.329 e. The molecule has 0 aromatic heterocycles. The van der Waals surface area contributed by atoms with E-state index < -0.39 is 17.5 Å². The minimum atomic E-state index is -1.04. The number of carbonyl (C=O) groups is 2. The quantitative estimate of drug-likeness (QED) is 0.706. The molecule has 0 aromatic carbocycles. The van der Waals surface area contributed by atoms with Crippen LogP contribution in [0.1, 0.15) is 32.6 Å². The molecule has 1 aliphatic rings. The Morgan fingerprint density at radius 2 is 2.21 bits per heavy atom. The fourth-order valence-electron chi connectivity index (χ4n) is 2.20. The standard InChI is InChI=1S/C9H16N2O3/c1-2-4-9(7(12)13)5-3-6-11(9)8(10)14/h2-6H2,1H3,(H2,10,14)(H,12,13). The van der Waals surface area contributed by atoms with E-state index in [9.17, 15) is 9.59 Å². The molecule has 2 amide bonds. The monoisotopic (exact) mass is 200 g/mol. The van der Waals surface area contributed by atoms with Crippen LogP contribution in [0.3, 0.4) is 0 Å². The molecule has 1 heterocycles. The third-order valence-electron chi connectivity index (χ3n) is 2.82. The van der Waals surface area contributed by atoms with Crippen molar-refractivity contribution in [2.45, 2.75) is 38.1 Å². The Labute approximate surface area is 82.9 Å². The van der Waals surface area contributed by atoms with Gasteiger partial charge in [0.15, 0.2) is 0 Å². The number of amides is 2. The molecule has 1 unspecified atom stereocenters. The molecule has 80 valence electrons. The molecule has 0 aliphatic carbocycles. The summed E-state index contributed by atoms with van der Waals surface area (Å²) in [7, 11) is 0. The Kier molecular flexibility index (Phi) is 2.98. The third kappa shape index (κ3) is 1.54. The number of primary amides is 1. The molecule has 14 heavy (non-hydrogen) atoms. The molecule has 0 spiro atoms. The van der Waals surface area contributed by atoms with Crippen LogP contribution >= 0.6 is 0 Å². The number of aliphatic carboxylic acids is 1. The summed E-state index contributed by atoms with van der Waals surface area (Å²) in [5, 5.41) is 9.16. The highest BCUT2D eigenvalue weighted by atomic mass is 16.4. The zero-order valence-electron chi connectivity index (χ0n) is 8.32. The molecule has 1 atom stereocenters. The van der Waals surface area contributed by atoms with Crippen molar-refractivity contribution in [2.75, 3.05) is 6.54 Å². The van der Waals surface area contributed by atoms with Gasteiger partial charge in [0.1, 0.15) is 5.54 Å². The first-order valence-corrected chi connectivity index (χ1v) is 4.85. The molecule has 1 fully saturated rings. The zero-order chi connectivity index (χ0) is 10.8. The van der Waals surface area contributed by atoms with E-state index in [1.54, 1.807) is 0 Å². The highest BCUT2D eigenvalue weighted by Gasteiger charge is 2.48. The Bertz CT molecular complexity index is 254.